The van der Waals surface area contributed by atoms with Gasteiger partial charge in [-0.15, -0.1) is 0 Å². The minimum absolute atomic E-state index is 0.0886. The van der Waals surface area contributed by atoms with Crippen molar-refractivity contribution in [2.45, 2.75) is 64.2 Å². The predicted octanol–water partition coefficient (Wildman–Crippen LogP) is 5.64. The van der Waals surface area contributed by atoms with E-state index in [1.165, 1.54) is 16.7 Å². The van der Waals surface area contributed by atoms with E-state index in [2.05, 4.69) is 28.4 Å². The number of hydrogen-bond donors (Lipinski definition) is 2. The van der Waals surface area contributed by atoms with Gasteiger partial charge in [0.1, 0.15) is 11.6 Å². The van der Waals surface area contributed by atoms with Crippen LogP contribution in [0.1, 0.15) is 79.3 Å². The SMILES string of the molecule is CN(C)C(=O)c1ccc(NC(=O)CCC[C@@H]2C/C(=N\O)[C@@]3(C)CCC4c5cccc(F)c5CCC4C23)nc1. The molecule has 1 heterocycles. The van der Waals surface area contributed by atoms with E-state index >= 15 is 0 Å². The zero-order chi connectivity index (χ0) is 27.0. The van der Waals surface area contributed by atoms with Crippen LogP contribution in [0.25, 0.3) is 0 Å². The van der Waals surface area contributed by atoms with Gasteiger partial charge >= 0.3 is 0 Å². The maximum atomic E-state index is 14.5. The van der Waals surface area contributed by atoms with Crippen molar-refractivity contribution in [3.05, 3.63) is 59.0 Å². The van der Waals surface area contributed by atoms with E-state index < -0.39 is 0 Å². The second kappa shape index (κ2) is 10.5. The van der Waals surface area contributed by atoms with E-state index in [4.69, 9.17) is 0 Å². The summed E-state index contributed by atoms with van der Waals surface area (Å²) in [5.41, 5.74) is 3.26. The number of amides is 2. The first-order chi connectivity index (χ1) is 18.2. The maximum absolute atomic E-state index is 14.5. The molecular formula is C30H37FN4O3. The molecule has 0 spiro atoms. The number of nitrogens with zero attached hydrogens (tertiary/aromatic N) is 3. The number of carbonyl (C=O) groups excluding carboxylic acids is 2. The summed E-state index contributed by atoms with van der Waals surface area (Å²) >= 11 is 0. The lowest BCUT2D eigenvalue weighted by Gasteiger charge is -2.50. The summed E-state index contributed by atoms with van der Waals surface area (Å²) in [6.45, 7) is 2.24. The fourth-order valence-electron chi connectivity index (χ4n) is 7.66. The molecule has 0 radical (unpaired) electrons. The minimum atomic E-state index is -0.149. The third kappa shape index (κ3) is 4.69. The van der Waals surface area contributed by atoms with Gasteiger partial charge in [0.05, 0.1) is 11.3 Å². The van der Waals surface area contributed by atoms with Crippen LogP contribution in [0, 0.1) is 29.0 Å². The van der Waals surface area contributed by atoms with E-state index in [1.54, 1.807) is 32.3 Å². The quantitative estimate of drug-likeness (QED) is 0.380. The van der Waals surface area contributed by atoms with Gasteiger partial charge in [0.2, 0.25) is 5.91 Å². The fourth-order valence-corrected chi connectivity index (χ4v) is 7.66. The number of rotatable bonds is 6. The number of carbonyl (C=O) groups is 2. The Bertz CT molecular complexity index is 1240. The van der Waals surface area contributed by atoms with Crippen molar-refractivity contribution in [3.63, 3.8) is 0 Å². The number of fused-ring (bicyclic) bond motifs is 5. The Kier molecular flexibility index (Phi) is 7.25. The summed E-state index contributed by atoms with van der Waals surface area (Å²) in [5, 5.41) is 16.5. The van der Waals surface area contributed by atoms with Crippen molar-refractivity contribution in [2.75, 3.05) is 19.4 Å². The Labute approximate surface area is 223 Å². The summed E-state index contributed by atoms with van der Waals surface area (Å²) in [7, 11) is 3.36. The topological polar surface area (TPSA) is 94.9 Å². The van der Waals surface area contributed by atoms with Crippen LogP contribution >= 0.6 is 0 Å². The number of aromatic nitrogens is 1. The standard InChI is InChI=1S/C30H37FN4O3/c1-30-15-14-21-20-7-5-8-24(31)22(20)11-12-23(21)28(30)18(16-25(30)34-38)6-4-9-27(36)33-26-13-10-19(17-32-26)29(37)35(2)3/h5,7-8,10,13,17-18,21,23,28,38H,4,6,9,11-12,14-16H2,1-3H3,(H,32,33,36)/b34-25+/t18-,21?,23?,28?,30-/m1/s1. The molecule has 2 saturated carbocycles. The average molecular weight is 521 g/mol. The first-order valence-corrected chi connectivity index (χ1v) is 13.7. The number of benzene rings is 1. The molecule has 5 atom stereocenters. The minimum Gasteiger partial charge on any atom is -0.411 e. The van der Waals surface area contributed by atoms with Crippen LogP contribution in [0.4, 0.5) is 10.2 Å². The molecule has 8 heteroatoms. The van der Waals surface area contributed by atoms with Crippen molar-refractivity contribution < 1.29 is 19.2 Å². The lowest BCUT2D eigenvalue weighted by Crippen LogP contribution is -2.44. The van der Waals surface area contributed by atoms with Crippen LogP contribution < -0.4 is 5.32 Å². The van der Waals surface area contributed by atoms with Gasteiger partial charge in [-0.3, -0.25) is 9.59 Å². The summed E-state index contributed by atoms with van der Waals surface area (Å²) in [4.78, 5) is 30.4. The highest BCUT2D eigenvalue weighted by Gasteiger charge is 2.57. The second-order valence-electron chi connectivity index (χ2n) is 11.7. The molecule has 0 saturated heterocycles. The van der Waals surface area contributed by atoms with Crippen LogP contribution in [-0.2, 0) is 11.2 Å². The number of halogens is 1. The van der Waals surface area contributed by atoms with Gasteiger partial charge in [-0.25, -0.2) is 9.37 Å². The lowest BCUT2D eigenvalue weighted by molar-refractivity contribution is -0.116. The third-order valence-electron chi connectivity index (χ3n) is 9.38. The van der Waals surface area contributed by atoms with Crippen LogP contribution in [-0.4, -0.2) is 46.7 Å². The number of oxime groups is 1. The molecule has 38 heavy (non-hydrogen) atoms. The third-order valence-corrected chi connectivity index (χ3v) is 9.38. The van der Waals surface area contributed by atoms with Crippen LogP contribution in [0.5, 0.6) is 0 Å². The molecule has 2 aromatic rings. The van der Waals surface area contributed by atoms with Gasteiger partial charge in [-0.1, -0.05) is 24.2 Å². The highest BCUT2D eigenvalue weighted by Crippen LogP contribution is 2.62. The number of nitrogens with one attached hydrogen (secondary N) is 1. The van der Waals surface area contributed by atoms with Crippen molar-refractivity contribution >= 4 is 23.3 Å². The largest absolute Gasteiger partial charge is 0.411 e. The van der Waals surface area contributed by atoms with Crippen molar-refractivity contribution in [1.29, 1.82) is 0 Å². The first kappa shape index (κ1) is 26.3. The molecule has 3 aliphatic rings. The molecular weight excluding hydrogens is 483 g/mol. The Hall–Kier alpha value is -3.29. The molecule has 0 bridgehead atoms. The molecule has 2 N–H and O–H groups in total. The highest BCUT2D eigenvalue weighted by atomic mass is 19.1. The molecule has 7 nitrogen and oxygen atoms in total. The van der Waals surface area contributed by atoms with E-state index in [9.17, 15) is 19.2 Å². The van der Waals surface area contributed by atoms with Crippen LogP contribution in [0.2, 0.25) is 0 Å². The fraction of sp³-hybridized carbons (Fsp3) is 0.533. The Morgan fingerprint density at radius 3 is 2.76 bits per heavy atom. The Balaban J connectivity index is 1.23. The summed E-state index contributed by atoms with van der Waals surface area (Å²) < 4.78 is 14.5. The van der Waals surface area contributed by atoms with Crippen molar-refractivity contribution in [3.8, 4) is 0 Å². The Morgan fingerprint density at radius 2 is 2.05 bits per heavy atom. The Morgan fingerprint density at radius 1 is 1.24 bits per heavy atom. The van der Waals surface area contributed by atoms with Gasteiger partial charge in [-0.2, -0.15) is 0 Å². The zero-order valence-electron chi connectivity index (χ0n) is 22.4. The summed E-state index contributed by atoms with van der Waals surface area (Å²) in [6, 6.07) is 8.81. The monoisotopic (exact) mass is 520 g/mol. The van der Waals surface area contributed by atoms with E-state index in [0.717, 1.165) is 56.2 Å². The summed E-state index contributed by atoms with van der Waals surface area (Å²) in [5.74, 6) is 1.54. The summed E-state index contributed by atoms with van der Waals surface area (Å²) in [6.07, 6.45) is 7.80. The molecule has 1 aromatic heterocycles. The number of hydrogen-bond acceptors (Lipinski definition) is 5. The molecule has 3 aliphatic carbocycles. The molecule has 202 valence electrons. The van der Waals surface area contributed by atoms with Crippen LogP contribution in [0.15, 0.2) is 41.7 Å². The molecule has 2 fully saturated rings. The molecule has 3 unspecified atom stereocenters. The van der Waals surface area contributed by atoms with Gasteiger partial charge in [0.15, 0.2) is 0 Å². The van der Waals surface area contributed by atoms with E-state index in [-0.39, 0.29) is 23.0 Å². The first-order valence-electron chi connectivity index (χ1n) is 13.7. The maximum Gasteiger partial charge on any atom is 0.254 e. The van der Waals surface area contributed by atoms with Gasteiger partial charge in [-0.05, 0) is 97.9 Å². The van der Waals surface area contributed by atoms with E-state index in [1.807, 2.05) is 6.07 Å². The van der Waals surface area contributed by atoms with Gasteiger partial charge in [0, 0.05) is 32.1 Å². The van der Waals surface area contributed by atoms with Gasteiger partial charge < -0.3 is 15.4 Å². The smallest absolute Gasteiger partial charge is 0.254 e. The number of anilines is 1. The van der Waals surface area contributed by atoms with Crippen LogP contribution in [0.3, 0.4) is 0 Å². The molecule has 5 rings (SSSR count). The lowest BCUT2D eigenvalue weighted by atomic mass is 9.54. The molecule has 2 amide bonds. The van der Waals surface area contributed by atoms with Crippen molar-refractivity contribution in [1.82, 2.24) is 9.88 Å². The van der Waals surface area contributed by atoms with Crippen molar-refractivity contribution in [2.24, 2.45) is 28.3 Å². The highest BCUT2D eigenvalue weighted by molar-refractivity contribution is 5.94. The van der Waals surface area contributed by atoms with Gasteiger partial charge in [0.25, 0.3) is 5.91 Å². The number of pyridine rings is 1. The van der Waals surface area contributed by atoms with E-state index in [0.29, 0.717) is 41.5 Å². The molecule has 0 aliphatic heterocycles. The zero-order valence-corrected chi connectivity index (χ0v) is 22.4. The molecule has 1 aromatic carbocycles. The second-order valence-corrected chi connectivity index (χ2v) is 11.7. The normalized spacial score (nSPS) is 28.8. The predicted molar refractivity (Wildman–Crippen MR) is 144 cm³/mol. The average Bonchev–Trinajstić information content (AvgIpc) is 3.20.